The van der Waals surface area contributed by atoms with Crippen molar-refractivity contribution in [3.63, 3.8) is 0 Å². The van der Waals surface area contributed by atoms with Crippen LogP contribution in [0.1, 0.15) is 79.5 Å². The zero-order valence-corrected chi connectivity index (χ0v) is 21.2. The summed E-state index contributed by atoms with van der Waals surface area (Å²) < 4.78 is 35.4. The van der Waals surface area contributed by atoms with Crippen molar-refractivity contribution >= 4 is 5.82 Å². The number of pyridine rings is 1. The number of alkyl halides is 1. The van der Waals surface area contributed by atoms with Crippen molar-refractivity contribution in [2.45, 2.75) is 76.1 Å². The molecule has 0 radical (unpaired) electrons. The van der Waals surface area contributed by atoms with Gasteiger partial charge >= 0.3 is 0 Å². The van der Waals surface area contributed by atoms with Crippen LogP contribution in [0.5, 0.6) is 0 Å². The highest BCUT2D eigenvalue weighted by molar-refractivity contribution is 5.47. The number of likely N-dealkylation sites (tertiary alicyclic amines) is 1. The number of nitrogens with zero attached hydrogens (tertiary/aromatic N) is 2. The Morgan fingerprint density at radius 1 is 1.19 bits per heavy atom. The Morgan fingerprint density at radius 2 is 2.11 bits per heavy atom. The lowest BCUT2D eigenvalue weighted by Crippen LogP contribution is -2.28. The van der Waals surface area contributed by atoms with Gasteiger partial charge in [0.15, 0.2) is 0 Å². The van der Waals surface area contributed by atoms with Gasteiger partial charge in [-0.1, -0.05) is 24.6 Å². The summed E-state index contributed by atoms with van der Waals surface area (Å²) >= 11 is 0. The molecule has 0 saturated carbocycles. The molecule has 36 heavy (non-hydrogen) atoms. The van der Waals surface area contributed by atoms with E-state index < -0.39 is 6.17 Å². The first kappa shape index (κ1) is 25.3. The summed E-state index contributed by atoms with van der Waals surface area (Å²) in [7, 11) is 0. The zero-order chi connectivity index (χ0) is 24.9. The second-order valence-electron chi connectivity index (χ2n) is 10.6. The molecule has 194 valence electrons. The minimum absolute atomic E-state index is 0.00996. The van der Waals surface area contributed by atoms with Crippen LogP contribution in [0.4, 0.5) is 14.6 Å². The summed E-state index contributed by atoms with van der Waals surface area (Å²) in [5, 5.41) is 3.39. The second-order valence-corrected chi connectivity index (χ2v) is 10.6. The highest BCUT2D eigenvalue weighted by Crippen LogP contribution is 2.38. The number of hydrogen-bond acceptors (Lipinski definition) is 4. The molecule has 0 aliphatic carbocycles. The van der Waals surface area contributed by atoms with Crippen molar-refractivity contribution < 1.29 is 13.5 Å². The van der Waals surface area contributed by atoms with E-state index in [1.807, 2.05) is 12.1 Å². The van der Waals surface area contributed by atoms with Crippen LogP contribution in [0.15, 0.2) is 43.0 Å². The van der Waals surface area contributed by atoms with E-state index in [0.29, 0.717) is 13.0 Å². The number of aryl methyl sites for hydroxylation is 2. The SMILES string of the molecule is C=CC(c1cc(F)ccc1C1CCCO1)N1CCC(C(F)CCCCc2ccc3c(n2)NCCC3)C1. The van der Waals surface area contributed by atoms with E-state index in [4.69, 9.17) is 9.72 Å². The number of anilines is 1. The van der Waals surface area contributed by atoms with Gasteiger partial charge in [0.1, 0.15) is 17.8 Å². The molecule has 1 aromatic heterocycles. The lowest BCUT2D eigenvalue weighted by atomic mass is 9.94. The quantitative estimate of drug-likeness (QED) is 0.293. The average molecular weight is 496 g/mol. The molecular formula is C30H39F2N3O. The van der Waals surface area contributed by atoms with E-state index in [2.05, 4.69) is 28.9 Å². The van der Waals surface area contributed by atoms with Crippen LogP contribution in [0, 0.1) is 11.7 Å². The topological polar surface area (TPSA) is 37.4 Å². The van der Waals surface area contributed by atoms with Crippen LogP contribution in [0.2, 0.25) is 0 Å². The van der Waals surface area contributed by atoms with Gasteiger partial charge in [-0.3, -0.25) is 4.90 Å². The molecule has 1 N–H and O–H groups in total. The van der Waals surface area contributed by atoms with E-state index >= 15 is 4.39 Å². The highest BCUT2D eigenvalue weighted by atomic mass is 19.1. The summed E-state index contributed by atoms with van der Waals surface area (Å²) in [4.78, 5) is 7.03. The number of nitrogens with one attached hydrogen (secondary N) is 1. The molecule has 4 unspecified atom stereocenters. The van der Waals surface area contributed by atoms with Gasteiger partial charge in [-0.25, -0.2) is 13.8 Å². The van der Waals surface area contributed by atoms with Crippen molar-refractivity contribution in [2.24, 2.45) is 5.92 Å². The maximum Gasteiger partial charge on any atom is 0.129 e. The molecule has 5 rings (SSSR count). The Morgan fingerprint density at radius 3 is 2.94 bits per heavy atom. The van der Waals surface area contributed by atoms with Gasteiger partial charge in [-0.2, -0.15) is 0 Å². The van der Waals surface area contributed by atoms with Crippen molar-refractivity contribution in [3.05, 3.63) is 71.2 Å². The van der Waals surface area contributed by atoms with E-state index in [1.54, 1.807) is 6.07 Å². The summed E-state index contributed by atoms with van der Waals surface area (Å²) in [6.45, 7) is 7.27. The normalized spacial score (nSPS) is 23.7. The van der Waals surface area contributed by atoms with Crippen molar-refractivity contribution in [1.82, 2.24) is 9.88 Å². The van der Waals surface area contributed by atoms with Crippen LogP contribution in [0.3, 0.4) is 0 Å². The fourth-order valence-corrected chi connectivity index (χ4v) is 6.14. The van der Waals surface area contributed by atoms with Gasteiger partial charge in [0.25, 0.3) is 0 Å². The first-order valence-electron chi connectivity index (χ1n) is 13.8. The first-order chi connectivity index (χ1) is 17.6. The van der Waals surface area contributed by atoms with E-state index in [-0.39, 0.29) is 23.9 Å². The molecule has 4 atom stereocenters. The standard InChI is InChI=1S/C30H39F2N3O/c1-2-28(26-19-23(31)12-14-25(26)29-10-6-18-36-29)35-17-15-22(20-35)27(32)9-4-3-8-24-13-11-21-7-5-16-33-30(21)34-24/h2,11-14,19,22,27-29H,1,3-10,15-18,20H2,(H,33,34). The third-order valence-corrected chi connectivity index (χ3v) is 8.14. The number of aromatic nitrogens is 1. The minimum atomic E-state index is -0.816. The molecule has 4 heterocycles. The third-order valence-electron chi connectivity index (χ3n) is 8.14. The molecule has 6 heteroatoms. The lowest BCUT2D eigenvalue weighted by molar-refractivity contribution is 0.109. The lowest BCUT2D eigenvalue weighted by Gasteiger charge is -2.29. The average Bonchev–Trinajstić information content (AvgIpc) is 3.60. The van der Waals surface area contributed by atoms with Gasteiger partial charge in [0.05, 0.1) is 12.1 Å². The monoisotopic (exact) mass is 495 g/mol. The number of hydrogen-bond donors (Lipinski definition) is 1. The van der Waals surface area contributed by atoms with Crippen LogP contribution in [-0.2, 0) is 17.6 Å². The van der Waals surface area contributed by atoms with Crippen LogP contribution < -0.4 is 5.32 Å². The van der Waals surface area contributed by atoms with Crippen LogP contribution in [-0.4, -0.2) is 42.3 Å². The van der Waals surface area contributed by atoms with Crippen LogP contribution in [0.25, 0.3) is 0 Å². The molecule has 2 fully saturated rings. The van der Waals surface area contributed by atoms with Gasteiger partial charge in [-0.05, 0) is 92.8 Å². The van der Waals surface area contributed by atoms with E-state index in [1.165, 1.54) is 11.6 Å². The molecule has 2 saturated heterocycles. The van der Waals surface area contributed by atoms with Gasteiger partial charge in [0, 0.05) is 31.3 Å². The number of unbranched alkanes of at least 4 members (excludes halogenated alkanes) is 1. The molecule has 3 aliphatic heterocycles. The molecule has 4 nitrogen and oxygen atoms in total. The van der Waals surface area contributed by atoms with Crippen molar-refractivity contribution in [2.75, 3.05) is 31.6 Å². The molecule has 1 aromatic carbocycles. The Balaban J connectivity index is 1.13. The Labute approximate surface area is 214 Å². The molecule has 0 bridgehead atoms. The number of rotatable bonds is 10. The summed E-state index contributed by atoms with van der Waals surface area (Å²) in [6, 6.07) is 9.18. The second kappa shape index (κ2) is 11.8. The summed E-state index contributed by atoms with van der Waals surface area (Å²) in [5.74, 6) is 0.797. The number of benzene rings is 1. The minimum Gasteiger partial charge on any atom is -0.374 e. The van der Waals surface area contributed by atoms with Crippen molar-refractivity contribution in [1.29, 1.82) is 0 Å². The Bertz CT molecular complexity index is 1040. The molecular weight excluding hydrogens is 456 g/mol. The van der Waals surface area contributed by atoms with Gasteiger partial charge < -0.3 is 10.1 Å². The highest BCUT2D eigenvalue weighted by Gasteiger charge is 2.34. The Hall–Kier alpha value is -2.31. The number of ether oxygens (including phenoxy) is 1. The maximum absolute atomic E-state index is 15.2. The molecule has 0 amide bonds. The predicted molar refractivity (Wildman–Crippen MR) is 140 cm³/mol. The largest absolute Gasteiger partial charge is 0.374 e. The first-order valence-corrected chi connectivity index (χ1v) is 13.8. The molecule has 3 aliphatic rings. The zero-order valence-electron chi connectivity index (χ0n) is 21.2. The Kier molecular flexibility index (Phi) is 8.32. The predicted octanol–water partition coefficient (Wildman–Crippen LogP) is 6.73. The maximum atomic E-state index is 15.2. The summed E-state index contributed by atoms with van der Waals surface area (Å²) in [5.41, 5.74) is 4.36. The van der Waals surface area contributed by atoms with Gasteiger partial charge in [0.2, 0.25) is 0 Å². The van der Waals surface area contributed by atoms with E-state index in [0.717, 1.165) is 93.7 Å². The van der Waals surface area contributed by atoms with Crippen LogP contribution >= 0.6 is 0 Å². The molecule has 2 aromatic rings. The number of halogens is 2. The van der Waals surface area contributed by atoms with Gasteiger partial charge in [-0.15, -0.1) is 6.58 Å². The number of fused-ring (bicyclic) bond motifs is 1. The molecule has 0 spiro atoms. The van der Waals surface area contributed by atoms with E-state index in [9.17, 15) is 4.39 Å². The fourth-order valence-electron chi connectivity index (χ4n) is 6.14. The smallest absolute Gasteiger partial charge is 0.129 e. The van der Waals surface area contributed by atoms with Crippen molar-refractivity contribution in [3.8, 4) is 0 Å². The fraction of sp³-hybridized carbons (Fsp3) is 0.567. The third kappa shape index (κ3) is 5.81. The summed E-state index contributed by atoms with van der Waals surface area (Å²) in [6.07, 6.45) is 9.43.